The van der Waals surface area contributed by atoms with Gasteiger partial charge in [0.05, 0.1) is 0 Å². The lowest BCUT2D eigenvalue weighted by molar-refractivity contribution is -0.147. The van der Waals surface area contributed by atoms with Crippen LogP contribution in [0.15, 0.2) is 0 Å². The molecule has 0 saturated heterocycles. The van der Waals surface area contributed by atoms with Gasteiger partial charge in [-0.3, -0.25) is 4.79 Å². The minimum absolute atomic E-state index is 0. The van der Waals surface area contributed by atoms with Crippen LogP contribution in [0, 0.1) is 29.1 Å². The largest absolute Gasteiger partial charge is 0.353 e. The summed E-state index contributed by atoms with van der Waals surface area (Å²) in [4.78, 5) is 13.0. The summed E-state index contributed by atoms with van der Waals surface area (Å²) >= 11 is 0. The van der Waals surface area contributed by atoms with Crippen LogP contribution >= 0.6 is 12.4 Å². The van der Waals surface area contributed by atoms with Gasteiger partial charge in [0, 0.05) is 11.5 Å². The highest BCUT2D eigenvalue weighted by molar-refractivity contribution is 5.85. The summed E-state index contributed by atoms with van der Waals surface area (Å²) < 4.78 is 0. The normalized spacial score (nSPS) is 47.2. The van der Waals surface area contributed by atoms with Gasteiger partial charge < -0.3 is 11.1 Å². The molecule has 4 heteroatoms. The zero-order valence-electron chi connectivity index (χ0n) is 12.9. The molecule has 0 spiro atoms. The lowest BCUT2D eigenvalue weighted by Gasteiger charge is -2.56. The summed E-state index contributed by atoms with van der Waals surface area (Å²) in [6.07, 6.45) is 11.3. The number of hydrogen-bond donors (Lipinski definition) is 2. The van der Waals surface area contributed by atoms with Crippen molar-refractivity contribution in [1.29, 1.82) is 0 Å². The zero-order chi connectivity index (χ0) is 13.7. The third-order valence-electron chi connectivity index (χ3n) is 6.80. The Morgan fingerprint density at radius 1 is 1.05 bits per heavy atom. The number of nitrogens with two attached hydrogens (primary N) is 1. The van der Waals surface area contributed by atoms with Gasteiger partial charge in [-0.25, -0.2) is 0 Å². The minimum atomic E-state index is 0. The first-order valence-electron chi connectivity index (χ1n) is 8.69. The van der Waals surface area contributed by atoms with Gasteiger partial charge in [0.25, 0.3) is 0 Å². The molecule has 0 aromatic carbocycles. The van der Waals surface area contributed by atoms with Crippen LogP contribution in [-0.4, -0.2) is 18.5 Å². The summed E-state index contributed by atoms with van der Waals surface area (Å²) in [5, 5.41) is 3.42. The molecular weight excluding hydrogens is 284 g/mol. The van der Waals surface area contributed by atoms with Crippen molar-refractivity contribution in [3.63, 3.8) is 0 Å². The Balaban J connectivity index is 0.00000132. The van der Waals surface area contributed by atoms with Crippen molar-refractivity contribution in [3.8, 4) is 0 Å². The molecule has 5 fully saturated rings. The molecule has 1 amide bonds. The number of hydrogen-bond acceptors (Lipinski definition) is 2. The zero-order valence-corrected chi connectivity index (χ0v) is 13.7. The molecule has 0 aliphatic heterocycles. The molecule has 0 radical (unpaired) electrons. The lowest BCUT2D eigenvalue weighted by atomic mass is 9.49. The van der Waals surface area contributed by atoms with Crippen molar-refractivity contribution in [2.75, 3.05) is 6.54 Å². The Bertz CT molecular complexity index is 376. The van der Waals surface area contributed by atoms with Crippen LogP contribution in [0.3, 0.4) is 0 Å². The van der Waals surface area contributed by atoms with E-state index in [9.17, 15) is 4.79 Å². The fourth-order valence-corrected chi connectivity index (χ4v) is 6.22. The Hall–Kier alpha value is -0.280. The fraction of sp³-hybridized carbons (Fsp3) is 0.941. The fourth-order valence-electron chi connectivity index (χ4n) is 6.22. The Morgan fingerprint density at radius 3 is 2.14 bits per heavy atom. The van der Waals surface area contributed by atoms with E-state index in [-0.39, 0.29) is 17.8 Å². The van der Waals surface area contributed by atoms with Crippen molar-refractivity contribution >= 4 is 18.3 Å². The topological polar surface area (TPSA) is 55.1 Å². The molecule has 3 N–H and O–H groups in total. The van der Waals surface area contributed by atoms with E-state index in [1.54, 1.807) is 0 Å². The third-order valence-corrected chi connectivity index (χ3v) is 6.80. The number of carbonyl (C=O) groups excluding carboxylic acids is 1. The number of halogens is 1. The van der Waals surface area contributed by atoms with E-state index in [0.717, 1.165) is 30.7 Å². The molecule has 0 heterocycles. The van der Waals surface area contributed by atoms with E-state index >= 15 is 0 Å². The van der Waals surface area contributed by atoms with Crippen LogP contribution < -0.4 is 11.1 Å². The monoisotopic (exact) mass is 312 g/mol. The molecule has 2 atom stereocenters. The number of nitrogens with one attached hydrogen (secondary N) is 1. The maximum atomic E-state index is 13.0. The summed E-state index contributed by atoms with van der Waals surface area (Å²) in [5.74, 6) is 3.46. The number of amides is 1. The van der Waals surface area contributed by atoms with Crippen molar-refractivity contribution in [2.24, 2.45) is 34.8 Å². The van der Waals surface area contributed by atoms with Crippen LogP contribution in [-0.2, 0) is 4.79 Å². The maximum Gasteiger partial charge on any atom is 0.226 e. The van der Waals surface area contributed by atoms with Gasteiger partial charge in [0.2, 0.25) is 5.91 Å². The van der Waals surface area contributed by atoms with Crippen molar-refractivity contribution in [2.45, 2.75) is 63.8 Å². The first-order chi connectivity index (χ1) is 9.68. The summed E-state index contributed by atoms with van der Waals surface area (Å²) in [7, 11) is 0. The van der Waals surface area contributed by atoms with Gasteiger partial charge in [-0.2, -0.15) is 0 Å². The van der Waals surface area contributed by atoms with Gasteiger partial charge in [-0.15, -0.1) is 12.4 Å². The second kappa shape index (κ2) is 5.73. The molecule has 3 nitrogen and oxygen atoms in total. The molecule has 5 rings (SSSR count). The van der Waals surface area contributed by atoms with Crippen LogP contribution in [0.1, 0.15) is 57.8 Å². The SMILES string of the molecule is Cl.NCC1CCCC1NC(=O)C12CC3CC(CC(C3)C1)C2. The summed E-state index contributed by atoms with van der Waals surface area (Å²) in [6, 6.07) is 0.362. The van der Waals surface area contributed by atoms with Crippen LogP contribution in [0.5, 0.6) is 0 Å². The molecule has 4 bridgehead atoms. The van der Waals surface area contributed by atoms with E-state index in [1.165, 1.54) is 51.4 Å². The molecule has 120 valence electrons. The molecule has 5 aliphatic carbocycles. The van der Waals surface area contributed by atoms with Crippen LogP contribution in [0.4, 0.5) is 0 Å². The van der Waals surface area contributed by atoms with Gasteiger partial charge in [0.15, 0.2) is 0 Å². The summed E-state index contributed by atoms with van der Waals surface area (Å²) in [5.41, 5.74) is 5.87. The van der Waals surface area contributed by atoms with Gasteiger partial charge in [-0.1, -0.05) is 6.42 Å². The van der Waals surface area contributed by atoms with Crippen molar-refractivity contribution < 1.29 is 4.79 Å². The highest BCUT2D eigenvalue weighted by Crippen LogP contribution is 2.60. The van der Waals surface area contributed by atoms with Crippen molar-refractivity contribution in [1.82, 2.24) is 5.32 Å². The number of rotatable bonds is 3. The standard InChI is InChI=1S/C17H28N2O.ClH/c18-10-14-2-1-3-15(14)19-16(20)17-7-11-4-12(8-17)6-13(5-11)9-17;/h11-15H,1-10,18H2,(H,19,20);1H. The lowest BCUT2D eigenvalue weighted by Crippen LogP contribution is -2.55. The Labute approximate surface area is 134 Å². The van der Waals surface area contributed by atoms with E-state index in [1.807, 2.05) is 0 Å². The molecule has 2 unspecified atom stereocenters. The highest BCUT2D eigenvalue weighted by atomic mass is 35.5. The highest BCUT2D eigenvalue weighted by Gasteiger charge is 2.54. The van der Waals surface area contributed by atoms with Gasteiger partial charge in [-0.05, 0) is 81.6 Å². The Kier molecular flexibility index (Phi) is 4.26. The first-order valence-corrected chi connectivity index (χ1v) is 8.69. The average Bonchev–Trinajstić information content (AvgIpc) is 2.84. The summed E-state index contributed by atoms with van der Waals surface area (Å²) in [6.45, 7) is 0.728. The second-order valence-corrected chi connectivity index (χ2v) is 8.20. The smallest absolute Gasteiger partial charge is 0.226 e. The number of carbonyl (C=O) groups is 1. The van der Waals surface area contributed by atoms with Gasteiger partial charge >= 0.3 is 0 Å². The average molecular weight is 313 g/mol. The maximum absolute atomic E-state index is 13.0. The van der Waals surface area contributed by atoms with E-state index in [4.69, 9.17) is 5.73 Å². The van der Waals surface area contributed by atoms with E-state index in [0.29, 0.717) is 17.9 Å². The molecular formula is C17H29ClN2O. The quantitative estimate of drug-likeness (QED) is 0.842. The van der Waals surface area contributed by atoms with Crippen LogP contribution in [0.25, 0.3) is 0 Å². The van der Waals surface area contributed by atoms with E-state index < -0.39 is 0 Å². The molecule has 0 aromatic rings. The Morgan fingerprint density at radius 2 is 1.62 bits per heavy atom. The van der Waals surface area contributed by atoms with Crippen molar-refractivity contribution in [3.05, 3.63) is 0 Å². The van der Waals surface area contributed by atoms with E-state index in [2.05, 4.69) is 5.32 Å². The molecule has 5 saturated carbocycles. The first kappa shape index (κ1) is 15.6. The molecule has 21 heavy (non-hydrogen) atoms. The second-order valence-electron chi connectivity index (χ2n) is 8.20. The predicted octanol–water partition coefficient (Wildman–Crippen LogP) is 2.87. The van der Waals surface area contributed by atoms with Crippen LogP contribution in [0.2, 0.25) is 0 Å². The third kappa shape index (κ3) is 2.61. The molecule has 5 aliphatic rings. The molecule has 0 aromatic heterocycles. The minimum Gasteiger partial charge on any atom is -0.353 e. The van der Waals surface area contributed by atoms with Gasteiger partial charge in [0.1, 0.15) is 0 Å². The predicted molar refractivity (Wildman–Crippen MR) is 86.2 cm³/mol.